The van der Waals surface area contributed by atoms with E-state index in [1.165, 1.54) is 11.3 Å². The number of aromatic nitrogens is 2. The monoisotopic (exact) mass is 322 g/mol. The van der Waals surface area contributed by atoms with Crippen molar-refractivity contribution in [3.63, 3.8) is 0 Å². The molecule has 0 radical (unpaired) electrons. The van der Waals surface area contributed by atoms with Crippen LogP contribution in [0.3, 0.4) is 0 Å². The minimum absolute atomic E-state index is 0.523. The Morgan fingerprint density at radius 2 is 1.95 bits per heavy atom. The van der Waals surface area contributed by atoms with Gasteiger partial charge in [-0.25, -0.2) is 4.68 Å². The summed E-state index contributed by atoms with van der Waals surface area (Å²) in [6, 6.07) is 9.04. The van der Waals surface area contributed by atoms with Crippen LogP contribution in [0.1, 0.15) is 10.4 Å². The average Bonchev–Trinajstić information content (AvgIpc) is 3.05. The van der Waals surface area contributed by atoms with E-state index in [0.717, 1.165) is 17.5 Å². The van der Waals surface area contributed by atoms with Crippen molar-refractivity contribution in [2.45, 2.75) is 0 Å². The summed E-state index contributed by atoms with van der Waals surface area (Å²) in [7, 11) is 0. The van der Waals surface area contributed by atoms with E-state index in [0.29, 0.717) is 20.6 Å². The van der Waals surface area contributed by atoms with Gasteiger partial charge in [-0.05, 0) is 30.3 Å². The van der Waals surface area contributed by atoms with E-state index in [9.17, 15) is 4.79 Å². The van der Waals surface area contributed by atoms with Crippen molar-refractivity contribution in [1.29, 1.82) is 0 Å². The van der Waals surface area contributed by atoms with Gasteiger partial charge in [0.1, 0.15) is 5.69 Å². The molecule has 0 bridgehead atoms. The summed E-state index contributed by atoms with van der Waals surface area (Å²) in [5.41, 5.74) is 2.83. The lowest BCUT2D eigenvalue weighted by atomic mass is 10.2. The molecule has 0 fully saturated rings. The Hall–Kier alpha value is -1.62. The number of carbonyl (C=O) groups excluding carboxylic acids is 1. The number of halogens is 2. The molecule has 0 amide bonds. The van der Waals surface area contributed by atoms with Crippen LogP contribution in [0.2, 0.25) is 9.36 Å². The maximum absolute atomic E-state index is 11.2. The highest BCUT2D eigenvalue weighted by Crippen LogP contribution is 2.30. The quantitative estimate of drug-likeness (QED) is 0.654. The van der Waals surface area contributed by atoms with E-state index in [2.05, 4.69) is 5.10 Å². The molecule has 3 aromatic rings. The van der Waals surface area contributed by atoms with Gasteiger partial charge in [0.15, 0.2) is 6.29 Å². The third-order valence-corrected chi connectivity index (χ3v) is 4.14. The Bertz CT molecular complexity index is 762. The Labute approximate surface area is 129 Å². The minimum atomic E-state index is 0.523. The maximum Gasteiger partial charge on any atom is 0.153 e. The molecule has 0 saturated carbocycles. The molecular formula is C14H8Cl2N2OS. The third kappa shape index (κ3) is 2.50. The van der Waals surface area contributed by atoms with Gasteiger partial charge < -0.3 is 0 Å². The summed E-state index contributed by atoms with van der Waals surface area (Å²) in [4.78, 5) is 11.2. The number of thiophene rings is 1. The summed E-state index contributed by atoms with van der Waals surface area (Å²) >= 11 is 13.2. The van der Waals surface area contributed by atoms with Crippen molar-refractivity contribution in [1.82, 2.24) is 9.78 Å². The normalized spacial score (nSPS) is 10.7. The van der Waals surface area contributed by atoms with Crippen LogP contribution in [-0.2, 0) is 0 Å². The molecule has 3 rings (SSSR count). The Morgan fingerprint density at radius 1 is 1.20 bits per heavy atom. The lowest BCUT2D eigenvalue weighted by Crippen LogP contribution is -1.93. The van der Waals surface area contributed by atoms with Crippen molar-refractivity contribution in [3.8, 4) is 16.9 Å². The molecule has 6 heteroatoms. The molecule has 20 heavy (non-hydrogen) atoms. The highest BCUT2D eigenvalue weighted by Gasteiger charge is 2.13. The van der Waals surface area contributed by atoms with Crippen LogP contribution in [0.15, 0.2) is 41.9 Å². The van der Waals surface area contributed by atoms with Gasteiger partial charge >= 0.3 is 0 Å². The molecule has 0 N–H and O–H groups in total. The van der Waals surface area contributed by atoms with Crippen molar-refractivity contribution < 1.29 is 4.79 Å². The van der Waals surface area contributed by atoms with Crippen LogP contribution in [-0.4, -0.2) is 16.1 Å². The highest BCUT2D eigenvalue weighted by atomic mass is 35.5. The topological polar surface area (TPSA) is 34.9 Å². The van der Waals surface area contributed by atoms with Crippen molar-refractivity contribution in [2.24, 2.45) is 0 Å². The smallest absolute Gasteiger partial charge is 0.153 e. The lowest BCUT2D eigenvalue weighted by Gasteiger charge is -2.00. The number of carbonyl (C=O) groups is 1. The second-order valence-corrected chi connectivity index (χ2v) is 6.09. The van der Waals surface area contributed by atoms with Gasteiger partial charge in [-0.2, -0.15) is 5.10 Å². The molecule has 0 aliphatic heterocycles. The second kappa shape index (κ2) is 5.40. The minimum Gasteiger partial charge on any atom is -0.298 e. The first kappa shape index (κ1) is 13.4. The van der Waals surface area contributed by atoms with E-state index in [4.69, 9.17) is 23.2 Å². The van der Waals surface area contributed by atoms with Gasteiger partial charge in [0.2, 0.25) is 0 Å². The van der Waals surface area contributed by atoms with Crippen LogP contribution in [0.5, 0.6) is 0 Å². The zero-order valence-electron chi connectivity index (χ0n) is 10.1. The van der Waals surface area contributed by atoms with Gasteiger partial charge in [-0.1, -0.05) is 23.2 Å². The summed E-state index contributed by atoms with van der Waals surface area (Å²) in [6.45, 7) is 0. The standard InChI is InChI=1S/C14H8Cl2N2OS/c15-11-1-3-12(4-2-11)18-6-10(7-19)14(17-18)9-5-13(16)20-8-9/h1-8H. The van der Waals surface area contributed by atoms with E-state index in [-0.39, 0.29) is 0 Å². The summed E-state index contributed by atoms with van der Waals surface area (Å²) in [6.07, 6.45) is 2.48. The first-order valence-corrected chi connectivity index (χ1v) is 7.36. The molecule has 100 valence electrons. The van der Waals surface area contributed by atoms with Crippen LogP contribution in [0.25, 0.3) is 16.9 Å². The molecular weight excluding hydrogens is 315 g/mol. The molecule has 0 spiro atoms. The number of nitrogens with zero attached hydrogens (tertiary/aromatic N) is 2. The third-order valence-electron chi connectivity index (χ3n) is 2.80. The molecule has 0 aliphatic carbocycles. The molecule has 0 unspecified atom stereocenters. The lowest BCUT2D eigenvalue weighted by molar-refractivity contribution is 0.112. The van der Waals surface area contributed by atoms with E-state index in [1.807, 2.05) is 17.5 Å². The Balaban J connectivity index is 2.09. The van der Waals surface area contributed by atoms with Crippen LogP contribution >= 0.6 is 34.5 Å². The van der Waals surface area contributed by atoms with Gasteiger partial charge in [0, 0.05) is 22.2 Å². The SMILES string of the molecule is O=Cc1cn(-c2ccc(Cl)cc2)nc1-c1csc(Cl)c1. The van der Waals surface area contributed by atoms with Gasteiger partial charge in [0.05, 0.1) is 15.6 Å². The molecule has 1 aromatic carbocycles. The second-order valence-electron chi connectivity index (χ2n) is 4.11. The molecule has 0 atom stereocenters. The number of rotatable bonds is 3. The van der Waals surface area contributed by atoms with Crippen molar-refractivity contribution in [2.75, 3.05) is 0 Å². The largest absolute Gasteiger partial charge is 0.298 e. The predicted molar refractivity (Wildman–Crippen MR) is 82.3 cm³/mol. The van der Waals surface area contributed by atoms with Gasteiger partial charge in [-0.3, -0.25) is 4.79 Å². The number of benzene rings is 1. The van der Waals surface area contributed by atoms with Crippen LogP contribution in [0.4, 0.5) is 0 Å². The first-order chi connectivity index (χ1) is 9.67. The average molecular weight is 323 g/mol. The van der Waals surface area contributed by atoms with Crippen LogP contribution < -0.4 is 0 Å². The molecule has 0 aliphatic rings. The summed E-state index contributed by atoms with van der Waals surface area (Å²) < 4.78 is 2.32. The van der Waals surface area contributed by atoms with Gasteiger partial charge in [0.25, 0.3) is 0 Å². The van der Waals surface area contributed by atoms with E-state index < -0.39 is 0 Å². The fourth-order valence-corrected chi connectivity index (χ4v) is 2.85. The molecule has 2 heterocycles. The van der Waals surface area contributed by atoms with E-state index >= 15 is 0 Å². The Kier molecular flexibility index (Phi) is 3.61. The number of hydrogen-bond donors (Lipinski definition) is 0. The van der Waals surface area contributed by atoms with Crippen molar-refractivity contribution in [3.05, 3.63) is 56.8 Å². The highest BCUT2D eigenvalue weighted by molar-refractivity contribution is 7.14. The van der Waals surface area contributed by atoms with Gasteiger partial charge in [-0.15, -0.1) is 11.3 Å². The fraction of sp³-hybridized carbons (Fsp3) is 0. The maximum atomic E-state index is 11.2. The molecule has 3 nitrogen and oxygen atoms in total. The molecule has 0 saturated heterocycles. The summed E-state index contributed by atoms with van der Waals surface area (Å²) in [5.74, 6) is 0. The van der Waals surface area contributed by atoms with Crippen molar-refractivity contribution >= 4 is 40.8 Å². The van der Waals surface area contributed by atoms with E-state index in [1.54, 1.807) is 29.1 Å². The molecule has 2 aromatic heterocycles. The zero-order chi connectivity index (χ0) is 14.1. The fourth-order valence-electron chi connectivity index (χ4n) is 1.86. The number of hydrogen-bond acceptors (Lipinski definition) is 3. The van der Waals surface area contributed by atoms with Crippen LogP contribution in [0, 0.1) is 0 Å². The number of aldehydes is 1. The Morgan fingerprint density at radius 3 is 2.55 bits per heavy atom. The predicted octanol–water partition coefficient (Wildman–Crippen LogP) is 4.72. The first-order valence-electron chi connectivity index (χ1n) is 5.72. The summed E-state index contributed by atoms with van der Waals surface area (Å²) in [5, 5.41) is 6.99. The zero-order valence-corrected chi connectivity index (χ0v) is 12.4.